The van der Waals surface area contributed by atoms with Crippen LogP contribution in [0.4, 0.5) is 0 Å². The summed E-state index contributed by atoms with van der Waals surface area (Å²) in [5.74, 6) is 0.536. The van der Waals surface area contributed by atoms with Crippen molar-refractivity contribution in [1.29, 1.82) is 0 Å². The highest BCUT2D eigenvalue weighted by Crippen LogP contribution is 2.31. The lowest BCUT2D eigenvalue weighted by atomic mass is 10.1. The van der Waals surface area contributed by atoms with Crippen LogP contribution in [0.1, 0.15) is 11.1 Å². The van der Waals surface area contributed by atoms with Gasteiger partial charge >= 0.3 is 0 Å². The second kappa shape index (κ2) is 5.81. The second-order valence-corrected chi connectivity index (χ2v) is 3.81. The van der Waals surface area contributed by atoms with E-state index in [0.717, 1.165) is 11.1 Å². The van der Waals surface area contributed by atoms with E-state index in [1.54, 1.807) is 18.4 Å². The minimum Gasteiger partial charge on any atom is -0.504 e. The summed E-state index contributed by atoms with van der Waals surface area (Å²) in [6.45, 7) is 3.66. The van der Waals surface area contributed by atoms with Gasteiger partial charge in [0.1, 0.15) is 12.7 Å². The molecule has 0 fully saturated rings. The molecule has 1 N–H and O–H groups in total. The van der Waals surface area contributed by atoms with E-state index in [1.807, 2.05) is 6.07 Å². The number of phenols is 1. The molecule has 1 heterocycles. The Morgan fingerprint density at radius 1 is 1.42 bits per heavy atom. The van der Waals surface area contributed by atoms with Crippen molar-refractivity contribution in [3.8, 4) is 11.5 Å². The van der Waals surface area contributed by atoms with Crippen LogP contribution < -0.4 is 4.74 Å². The number of aromatic hydroxyl groups is 1. The lowest BCUT2D eigenvalue weighted by molar-refractivity contribution is 0.371. The number of ether oxygens (including phenoxy) is 1. The van der Waals surface area contributed by atoms with Crippen molar-refractivity contribution in [2.24, 2.45) is 5.10 Å². The normalized spacial score (nSPS) is 10.8. The predicted octanol–water partition coefficient (Wildman–Crippen LogP) is 1.60. The fourth-order valence-electron chi connectivity index (χ4n) is 1.62. The minimum atomic E-state index is 0.129. The number of rotatable bonds is 5. The zero-order chi connectivity index (χ0) is 13.7. The van der Waals surface area contributed by atoms with E-state index < -0.39 is 0 Å². The Labute approximate surface area is 110 Å². The van der Waals surface area contributed by atoms with Crippen LogP contribution in [0.5, 0.6) is 11.5 Å². The summed E-state index contributed by atoms with van der Waals surface area (Å²) in [5, 5.41) is 21.4. The van der Waals surface area contributed by atoms with Gasteiger partial charge in [-0.15, -0.1) is 16.8 Å². The van der Waals surface area contributed by atoms with Crippen molar-refractivity contribution in [3.63, 3.8) is 0 Å². The van der Waals surface area contributed by atoms with Crippen LogP contribution in [0, 0.1) is 0 Å². The Morgan fingerprint density at radius 2 is 2.16 bits per heavy atom. The topological polar surface area (TPSA) is 72.5 Å². The first kappa shape index (κ1) is 12.8. The van der Waals surface area contributed by atoms with E-state index in [4.69, 9.17) is 4.74 Å². The Kier molecular flexibility index (Phi) is 3.92. The first-order valence-corrected chi connectivity index (χ1v) is 5.64. The van der Waals surface area contributed by atoms with Gasteiger partial charge in [0.05, 0.1) is 13.3 Å². The molecule has 6 nitrogen and oxygen atoms in total. The monoisotopic (exact) mass is 258 g/mol. The van der Waals surface area contributed by atoms with Crippen molar-refractivity contribution >= 4 is 6.21 Å². The van der Waals surface area contributed by atoms with Gasteiger partial charge in [0.15, 0.2) is 11.5 Å². The minimum absolute atomic E-state index is 0.129. The quantitative estimate of drug-likeness (QED) is 0.653. The number of hydrogen-bond acceptors (Lipinski definition) is 5. The van der Waals surface area contributed by atoms with E-state index >= 15 is 0 Å². The Morgan fingerprint density at radius 3 is 2.79 bits per heavy atom. The molecule has 2 rings (SSSR count). The molecule has 98 valence electrons. The van der Waals surface area contributed by atoms with Crippen molar-refractivity contribution in [1.82, 2.24) is 14.9 Å². The van der Waals surface area contributed by atoms with E-state index in [0.29, 0.717) is 12.2 Å². The maximum absolute atomic E-state index is 9.95. The molecule has 0 amide bonds. The predicted molar refractivity (Wildman–Crippen MR) is 71.6 cm³/mol. The molecule has 19 heavy (non-hydrogen) atoms. The van der Waals surface area contributed by atoms with Crippen LogP contribution >= 0.6 is 0 Å². The molecule has 0 atom stereocenters. The van der Waals surface area contributed by atoms with Crippen LogP contribution in [0.15, 0.2) is 42.5 Å². The fourth-order valence-corrected chi connectivity index (χ4v) is 1.62. The van der Waals surface area contributed by atoms with Crippen LogP contribution in [0.3, 0.4) is 0 Å². The number of allylic oxidation sites excluding steroid dienone is 1. The van der Waals surface area contributed by atoms with Crippen molar-refractivity contribution in [2.45, 2.75) is 6.42 Å². The van der Waals surface area contributed by atoms with E-state index in [9.17, 15) is 5.11 Å². The van der Waals surface area contributed by atoms with E-state index in [-0.39, 0.29) is 5.75 Å². The molecule has 0 aliphatic heterocycles. The molecule has 2 aromatic rings. The van der Waals surface area contributed by atoms with Gasteiger partial charge in [0.2, 0.25) is 0 Å². The number of phenolic OH excluding ortho intramolecular Hbond substituents is 1. The Bertz CT molecular complexity index is 591. The summed E-state index contributed by atoms with van der Waals surface area (Å²) in [5.41, 5.74) is 1.54. The third-order valence-corrected chi connectivity index (χ3v) is 2.51. The van der Waals surface area contributed by atoms with Crippen molar-refractivity contribution < 1.29 is 9.84 Å². The summed E-state index contributed by atoms with van der Waals surface area (Å²) < 4.78 is 6.61. The van der Waals surface area contributed by atoms with Gasteiger partial charge < -0.3 is 9.84 Å². The summed E-state index contributed by atoms with van der Waals surface area (Å²) in [6.07, 6.45) is 6.88. The number of methoxy groups -OCH3 is 1. The molecule has 0 saturated heterocycles. The van der Waals surface area contributed by atoms with Crippen LogP contribution in [0.2, 0.25) is 0 Å². The number of nitrogens with zero attached hydrogens (tertiary/aromatic N) is 4. The summed E-state index contributed by atoms with van der Waals surface area (Å²) >= 11 is 0. The molecule has 6 heteroatoms. The molecule has 0 saturated carbocycles. The van der Waals surface area contributed by atoms with Gasteiger partial charge in [0.25, 0.3) is 0 Å². The van der Waals surface area contributed by atoms with Gasteiger partial charge in [0, 0.05) is 5.56 Å². The molecule has 0 aliphatic rings. The maximum Gasteiger partial charge on any atom is 0.161 e. The number of aromatic nitrogens is 3. The number of hydrogen-bond donors (Lipinski definition) is 1. The second-order valence-electron chi connectivity index (χ2n) is 3.81. The molecule has 0 radical (unpaired) electrons. The first-order valence-electron chi connectivity index (χ1n) is 5.64. The lowest BCUT2D eigenvalue weighted by Crippen LogP contribution is -1.94. The molecular formula is C13H14N4O2. The molecule has 0 unspecified atom stereocenters. The van der Waals surface area contributed by atoms with Gasteiger partial charge in [-0.1, -0.05) is 6.08 Å². The van der Waals surface area contributed by atoms with Crippen LogP contribution in [-0.4, -0.2) is 33.3 Å². The largest absolute Gasteiger partial charge is 0.504 e. The summed E-state index contributed by atoms with van der Waals surface area (Å²) in [6, 6.07) is 3.53. The Balaban J connectivity index is 2.34. The SMILES string of the molecule is C=CCc1cc(/C=N\n2cnnc2)cc(OC)c1O. The molecule has 1 aromatic carbocycles. The Hall–Kier alpha value is -2.63. The van der Waals surface area contributed by atoms with Gasteiger partial charge in [-0.3, -0.25) is 0 Å². The highest BCUT2D eigenvalue weighted by Gasteiger charge is 2.08. The van der Waals surface area contributed by atoms with Gasteiger partial charge in [-0.25, -0.2) is 4.68 Å². The summed E-state index contributed by atoms with van der Waals surface area (Å²) in [4.78, 5) is 0. The smallest absolute Gasteiger partial charge is 0.161 e. The average Bonchev–Trinajstić information content (AvgIpc) is 2.93. The third-order valence-electron chi connectivity index (χ3n) is 2.51. The first-order chi connectivity index (χ1) is 9.24. The third kappa shape index (κ3) is 2.98. The van der Waals surface area contributed by atoms with Gasteiger partial charge in [-0.2, -0.15) is 5.10 Å². The van der Waals surface area contributed by atoms with Crippen molar-refractivity contribution in [2.75, 3.05) is 7.11 Å². The summed E-state index contributed by atoms with van der Waals surface area (Å²) in [7, 11) is 1.51. The molecule has 0 aliphatic carbocycles. The highest BCUT2D eigenvalue weighted by molar-refractivity contribution is 5.81. The standard InChI is InChI=1S/C13H14N4O2/c1-3-4-11-5-10(6-12(19-2)13(11)18)7-16-17-8-14-15-9-17/h3,5-9,18H,1,4H2,2H3/b16-7-. The molecule has 1 aromatic heterocycles. The zero-order valence-electron chi connectivity index (χ0n) is 10.5. The molecular weight excluding hydrogens is 244 g/mol. The van der Waals surface area contributed by atoms with Crippen LogP contribution in [-0.2, 0) is 6.42 Å². The van der Waals surface area contributed by atoms with E-state index in [1.165, 1.54) is 24.4 Å². The average molecular weight is 258 g/mol. The number of benzene rings is 1. The fraction of sp³-hybridized carbons (Fsp3) is 0.154. The van der Waals surface area contributed by atoms with Crippen LogP contribution in [0.25, 0.3) is 0 Å². The molecule has 0 bridgehead atoms. The highest BCUT2D eigenvalue weighted by atomic mass is 16.5. The lowest BCUT2D eigenvalue weighted by Gasteiger charge is -2.09. The van der Waals surface area contributed by atoms with E-state index in [2.05, 4.69) is 21.9 Å². The van der Waals surface area contributed by atoms with Crippen molar-refractivity contribution in [3.05, 3.63) is 48.6 Å². The molecule has 0 spiro atoms. The van der Waals surface area contributed by atoms with Gasteiger partial charge in [-0.05, 0) is 24.1 Å². The maximum atomic E-state index is 9.95. The zero-order valence-corrected chi connectivity index (χ0v) is 10.5.